The lowest BCUT2D eigenvalue weighted by Gasteiger charge is -2.16. The summed E-state index contributed by atoms with van der Waals surface area (Å²) in [5, 5.41) is 17.0. The Morgan fingerprint density at radius 3 is 2.64 bits per heavy atom. The highest BCUT2D eigenvalue weighted by Gasteiger charge is 2.24. The molecule has 0 aliphatic rings. The van der Waals surface area contributed by atoms with Gasteiger partial charge in [-0.25, -0.2) is 0 Å². The minimum Gasteiger partial charge on any atom is -0.360 e. The van der Waals surface area contributed by atoms with Crippen LogP contribution in [0.5, 0.6) is 0 Å². The van der Waals surface area contributed by atoms with Gasteiger partial charge < -0.3 is 10.6 Å². The van der Waals surface area contributed by atoms with Crippen LogP contribution in [0.25, 0.3) is 0 Å². The number of thioether (sulfide) groups is 1. The zero-order chi connectivity index (χ0) is 23.0. The van der Waals surface area contributed by atoms with Crippen molar-refractivity contribution in [1.29, 1.82) is 0 Å². The summed E-state index contributed by atoms with van der Waals surface area (Å²) < 4.78 is 0.704. The largest absolute Gasteiger partial charge is 0.360 e. The van der Waals surface area contributed by atoms with E-state index in [1.54, 1.807) is 35.6 Å². The number of Topliss-reactive ketones (excluding diaryl/α,β-unsaturated/α-hetero) is 1. The molecule has 2 aromatic heterocycles. The first-order chi connectivity index (χ1) is 16.1. The molecule has 168 valence electrons. The smallest absolute Gasteiger partial charge is 0.242 e. The highest BCUT2D eigenvalue weighted by atomic mass is 32.2. The zero-order valence-electron chi connectivity index (χ0n) is 17.9. The SMILES string of the molecule is CC(=O)c1cccc(NC(=O)C(Sc2nnc(NCCc3cccs3)s2)c2ccccc2)c1. The fraction of sp³-hybridized carbons (Fsp3) is 0.167. The second-order valence-electron chi connectivity index (χ2n) is 7.16. The van der Waals surface area contributed by atoms with Gasteiger partial charge in [-0.05, 0) is 42.5 Å². The van der Waals surface area contributed by atoms with Crippen LogP contribution in [-0.4, -0.2) is 28.4 Å². The third-order valence-corrected chi connectivity index (χ3v) is 7.89. The van der Waals surface area contributed by atoms with Gasteiger partial charge in [-0.1, -0.05) is 71.6 Å². The summed E-state index contributed by atoms with van der Waals surface area (Å²) >= 11 is 4.53. The van der Waals surface area contributed by atoms with E-state index in [0.717, 1.165) is 23.7 Å². The van der Waals surface area contributed by atoms with Gasteiger partial charge in [0, 0.05) is 22.7 Å². The molecule has 0 radical (unpaired) electrons. The van der Waals surface area contributed by atoms with Gasteiger partial charge >= 0.3 is 0 Å². The molecule has 0 aliphatic heterocycles. The molecular weight excluding hydrogens is 472 g/mol. The predicted molar refractivity (Wildman–Crippen MR) is 137 cm³/mol. The maximum atomic E-state index is 13.2. The Labute approximate surface area is 204 Å². The summed E-state index contributed by atoms with van der Waals surface area (Å²) in [5.41, 5.74) is 2.01. The van der Waals surface area contributed by atoms with Gasteiger partial charge in [0.05, 0.1) is 0 Å². The number of nitrogens with one attached hydrogen (secondary N) is 2. The third kappa shape index (κ3) is 6.50. The lowest BCUT2D eigenvalue weighted by Crippen LogP contribution is -2.19. The van der Waals surface area contributed by atoms with E-state index in [1.807, 2.05) is 36.4 Å². The first kappa shape index (κ1) is 23.2. The summed E-state index contributed by atoms with van der Waals surface area (Å²) in [6.45, 7) is 2.28. The van der Waals surface area contributed by atoms with Crippen LogP contribution in [0.2, 0.25) is 0 Å². The Morgan fingerprint density at radius 1 is 1.03 bits per heavy atom. The Kier molecular flexibility index (Phi) is 7.87. The Balaban J connectivity index is 1.45. The van der Waals surface area contributed by atoms with Crippen LogP contribution in [0, 0.1) is 0 Å². The van der Waals surface area contributed by atoms with Crippen molar-refractivity contribution in [2.45, 2.75) is 22.9 Å². The van der Waals surface area contributed by atoms with Crippen molar-refractivity contribution in [3.05, 3.63) is 88.1 Å². The summed E-state index contributed by atoms with van der Waals surface area (Å²) in [4.78, 5) is 26.2. The van der Waals surface area contributed by atoms with Crippen molar-refractivity contribution in [3.8, 4) is 0 Å². The number of aromatic nitrogens is 2. The molecule has 0 spiro atoms. The van der Waals surface area contributed by atoms with Crippen molar-refractivity contribution >= 4 is 56.9 Å². The molecule has 0 saturated carbocycles. The van der Waals surface area contributed by atoms with E-state index in [9.17, 15) is 9.59 Å². The standard InChI is InChI=1S/C24H22N4O2S3/c1-16(29)18-9-5-10-19(15-18)26-22(30)21(17-7-3-2-4-8-17)32-24-28-27-23(33-24)25-13-12-20-11-6-14-31-20/h2-11,14-15,21H,12-13H2,1H3,(H,25,27)(H,26,30). The molecule has 1 unspecified atom stereocenters. The number of thiophene rings is 1. The fourth-order valence-corrected chi connectivity index (χ4v) is 5.78. The quantitative estimate of drug-likeness (QED) is 0.210. The summed E-state index contributed by atoms with van der Waals surface area (Å²) in [6, 6.07) is 20.7. The van der Waals surface area contributed by atoms with E-state index in [4.69, 9.17) is 0 Å². The molecule has 0 bridgehead atoms. The van der Waals surface area contributed by atoms with Gasteiger partial charge in [0.1, 0.15) is 5.25 Å². The average molecular weight is 495 g/mol. The molecule has 2 N–H and O–H groups in total. The number of ketones is 1. The minimum absolute atomic E-state index is 0.0481. The van der Waals surface area contributed by atoms with Crippen molar-refractivity contribution in [3.63, 3.8) is 0 Å². The third-order valence-electron chi connectivity index (χ3n) is 4.73. The number of hydrogen-bond acceptors (Lipinski definition) is 8. The lowest BCUT2D eigenvalue weighted by atomic mass is 10.1. The van der Waals surface area contributed by atoms with Crippen LogP contribution in [0.1, 0.15) is 33.0 Å². The highest BCUT2D eigenvalue weighted by molar-refractivity contribution is 8.02. The minimum atomic E-state index is -0.515. The number of nitrogens with zero attached hydrogens (tertiary/aromatic N) is 2. The molecule has 1 atom stereocenters. The van der Waals surface area contributed by atoms with Crippen molar-refractivity contribution in [2.75, 3.05) is 17.2 Å². The number of hydrogen-bond donors (Lipinski definition) is 2. The van der Waals surface area contributed by atoms with E-state index in [1.165, 1.54) is 34.9 Å². The summed E-state index contributed by atoms with van der Waals surface area (Å²) in [6.07, 6.45) is 0.925. The molecule has 0 saturated heterocycles. The fourth-order valence-electron chi connectivity index (χ4n) is 3.10. The normalized spacial score (nSPS) is 11.7. The molecule has 9 heteroatoms. The van der Waals surface area contributed by atoms with Crippen LogP contribution in [-0.2, 0) is 11.2 Å². The van der Waals surface area contributed by atoms with E-state index in [0.29, 0.717) is 15.6 Å². The number of amides is 1. The zero-order valence-corrected chi connectivity index (χ0v) is 20.3. The van der Waals surface area contributed by atoms with Crippen molar-refractivity contribution < 1.29 is 9.59 Å². The number of anilines is 2. The molecule has 0 fully saturated rings. The Hall–Kier alpha value is -3.01. The van der Waals surface area contributed by atoms with Gasteiger partial charge in [0.15, 0.2) is 10.1 Å². The van der Waals surface area contributed by atoms with Crippen molar-refractivity contribution in [2.24, 2.45) is 0 Å². The Morgan fingerprint density at radius 2 is 1.88 bits per heavy atom. The van der Waals surface area contributed by atoms with E-state index < -0.39 is 5.25 Å². The molecule has 2 aromatic carbocycles. The summed E-state index contributed by atoms with van der Waals surface area (Å²) in [5.74, 6) is -0.234. The monoisotopic (exact) mass is 494 g/mol. The van der Waals surface area contributed by atoms with Crippen LogP contribution >= 0.6 is 34.4 Å². The van der Waals surface area contributed by atoms with E-state index in [-0.39, 0.29) is 11.7 Å². The molecule has 4 rings (SSSR count). The van der Waals surface area contributed by atoms with Gasteiger partial charge in [0.2, 0.25) is 11.0 Å². The molecule has 4 aromatic rings. The number of carbonyl (C=O) groups is 2. The van der Waals surface area contributed by atoms with E-state index in [2.05, 4.69) is 32.3 Å². The van der Waals surface area contributed by atoms with Crippen molar-refractivity contribution in [1.82, 2.24) is 10.2 Å². The molecule has 6 nitrogen and oxygen atoms in total. The molecule has 0 aliphatic carbocycles. The van der Waals surface area contributed by atoms with Gasteiger partial charge in [-0.3, -0.25) is 9.59 Å². The van der Waals surface area contributed by atoms with Gasteiger partial charge in [-0.2, -0.15) is 0 Å². The van der Waals surface area contributed by atoms with Gasteiger partial charge in [0.25, 0.3) is 0 Å². The summed E-state index contributed by atoms with van der Waals surface area (Å²) in [7, 11) is 0. The molecule has 33 heavy (non-hydrogen) atoms. The van der Waals surface area contributed by atoms with Gasteiger partial charge in [-0.15, -0.1) is 21.5 Å². The average Bonchev–Trinajstić information content (AvgIpc) is 3.50. The molecule has 2 heterocycles. The molecular formula is C24H22N4O2S3. The van der Waals surface area contributed by atoms with Crippen LogP contribution in [0.4, 0.5) is 10.8 Å². The first-order valence-electron chi connectivity index (χ1n) is 10.3. The lowest BCUT2D eigenvalue weighted by molar-refractivity contribution is -0.115. The first-order valence-corrected chi connectivity index (χ1v) is 12.9. The number of rotatable bonds is 10. The number of benzene rings is 2. The van der Waals surface area contributed by atoms with Crippen LogP contribution in [0.3, 0.4) is 0 Å². The van der Waals surface area contributed by atoms with Crippen LogP contribution in [0.15, 0.2) is 76.4 Å². The van der Waals surface area contributed by atoms with Crippen LogP contribution < -0.4 is 10.6 Å². The topological polar surface area (TPSA) is 84.0 Å². The Bertz CT molecular complexity index is 1210. The maximum absolute atomic E-state index is 13.2. The highest BCUT2D eigenvalue weighted by Crippen LogP contribution is 2.38. The maximum Gasteiger partial charge on any atom is 0.242 e. The number of carbonyl (C=O) groups excluding carboxylic acids is 2. The predicted octanol–water partition coefficient (Wildman–Crippen LogP) is 5.93. The van der Waals surface area contributed by atoms with E-state index >= 15 is 0 Å². The second-order valence-corrected chi connectivity index (χ2v) is 10.5. The molecule has 1 amide bonds. The second kappa shape index (κ2) is 11.2.